The fourth-order valence-corrected chi connectivity index (χ4v) is 2.71. The largest absolute Gasteiger partial charge is 0.480 e. The molecule has 0 saturated carbocycles. The molecule has 2 rings (SSSR count). The summed E-state index contributed by atoms with van der Waals surface area (Å²) in [4.78, 5) is 26.8. The zero-order valence-electron chi connectivity index (χ0n) is 10.7. The number of carbonyl (C=O) groups is 2. The third-order valence-electron chi connectivity index (χ3n) is 3.75. The van der Waals surface area contributed by atoms with Gasteiger partial charge in [0.15, 0.2) is 6.04 Å². The fraction of sp³-hybridized carbons (Fsp3) is 0.833. The molecule has 6 heteroatoms. The predicted molar refractivity (Wildman–Crippen MR) is 64.4 cm³/mol. The molecule has 2 heterocycles. The lowest BCUT2D eigenvalue weighted by Gasteiger charge is -2.37. The molecule has 2 aliphatic heterocycles. The van der Waals surface area contributed by atoms with Gasteiger partial charge in [0.1, 0.15) is 0 Å². The monoisotopic (exact) mass is 256 g/mol. The average Bonchev–Trinajstić information content (AvgIpc) is 2.86. The molecule has 0 bridgehead atoms. The minimum Gasteiger partial charge on any atom is -0.480 e. The van der Waals surface area contributed by atoms with Gasteiger partial charge in [0.2, 0.25) is 0 Å². The fourth-order valence-electron chi connectivity index (χ4n) is 2.71. The van der Waals surface area contributed by atoms with Crippen LogP contribution in [0.1, 0.15) is 26.2 Å². The third kappa shape index (κ3) is 2.43. The maximum absolute atomic E-state index is 12.4. The lowest BCUT2D eigenvalue weighted by molar-refractivity contribution is -0.147. The number of nitrogens with zero attached hydrogens (tertiary/aromatic N) is 2. The van der Waals surface area contributed by atoms with E-state index in [4.69, 9.17) is 9.84 Å². The van der Waals surface area contributed by atoms with E-state index in [9.17, 15) is 9.59 Å². The Bertz CT molecular complexity index is 334. The molecule has 2 unspecified atom stereocenters. The summed E-state index contributed by atoms with van der Waals surface area (Å²) in [6.45, 7) is 3.67. The maximum Gasteiger partial charge on any atom is 0.328 e. The van der Waals surface area contributed by atoms with Crippen molar-refractivity contribution in [2.75, 3.05) is 26.3 Å². The molecule has 0 aromatic rings. The molecule has 102 valence electrons. The summed E-state index contributed by atoms with van der Waals surface area (Å²) < 4.78 is 5.15. The quantitative estimate of drug-likeness (QED) is 0.792. The highest BCUT2D eigenvalue weighted by molar-refractivity contribution is 5.83. The molecule has 1 N–H and O–H groups in total. The molecule has 2 amide bonds. The average molecular weight is 256 g/mol. The van der Waals surface area contributed by atoms with E-state index in [0.717, 1.165) is 25.8 Å². The van der Waals surface area contributed by atoms with E-state index >= 15 is 0 Å². The topological polar surface area (TPSA) is 70.1 Å². The number of carboxylic acids is 1. The standard InChI is InChI=1S/C12H20N2O4/c1-2-9-4-3-5-13(9)12(17)14-6-7-18-8-10(14)11(15)16/h9-10H,2-8H2,1H3,(H,15,16). The van der Waals surface area contributed by atoms with E-state index in [1.54, 1.807) is 0 Å². The van der Waals surface area contributed by atoms with E-state index < -0.39 is 12.0 Å². The molecule has 2 aliphatic rings. The second-order valence-corrected chi connectivity index (χ2v) is 4.80. The highest BCUT2D eigenvalue weighted by Gasteiger charge is 2.38. The number of ether oxygens (including phenoxy) is 1. The van der Waals surface area contributed by atoms with Gasteiger partial charge in [-0.2, -0.15) is 0 Å². The zero-order valence-corrected chi connectivity index (χ0v) is 10.7. The summed E-state index contributed by atoms with van der Waals surface area (Å²) in [5.41, 5.74) is 0. The highest BCUT2D eigenvalue weighted by atomic mass is 16.5. The molecule has 6 nitrogen and oxygen atoms in total. The van der Waals surface area contributed by atoms with Gasteiger partial charge >= 0.3 is 12.0 Å². The minimum atomic E-state index is -0.990. The smallest absolute Gasteiger partial charge is 0.328 e. The predicted octanol–water partition coefficient (Wildman–Crippen LogP) is 0.766. The van der Waals surface area contributed by atoms with Crippen LogP contribution in [0.2, 0.25) is 0 Å². The number of amides is 2. The first-order chi connectivity index (χ1) is 8.65. The van der Waals surface area contributed by atoms with Gasteiger partial charge in [-0.15, -0.1) is 0 Å². The molecule has 0 aliphatic carbocycles. The number of likely N-dealkylation sites (tertiary alicyclic amines) is 1. The molecular formula is C12H20N2O4. The summed E-state index contributed by atoms with van der Waals surface area (Å²) in [6.07, 6.45) is 2.95. The Balaban J connectivity index is 2.08. The van der Waals surface area contributed by atoms with E-state index in [0.29, 0.717) is 13.2 Å². The Morgan fingerprint density at radius 2 is 2.11 bits per heavy atom. The van der Waals surface area contributed by atoms with E-state index in [-0.39, 0.29) is 18.7 Å². The van der Waals surface area contributed by atoms with Gasteiger partial charge in [-0.1, -0.05) is 6.92 Å². The number of urea groups is 1. The first-order valence-electron chi connectivity index (χ1n) is 6.53. The first-order valence-corrected chi connectivity index (χ1v) is 6.53. The molecular weight excluding hydrogens is 236 g/mol. The van der Waals surface area contributed by atoms with Crippen molar-refractivity contribution in [3.05, 3.63) is 0 Å². The number of hydrogen-bond donors (Lipinski definition) is 1. The number of carboxylic acid groups (broad SMARTS) is 1. The van der Waals surface area contributed by atoms with Crippen LogP contribution in [0.15, 0.2) is 0 Å². The Labute approximate surface area is 106 Å². The Morgan fingerprint density at radius 1 is 1.33 bits per heavy atom. The van der Waals surface area contributed by atoms with Crippen LogP contribution >= 0.6 is 0 Å². The van der Waals surface area contributed by atoms with Crippen LogP contribution < -0.4 is 0 Å². The Kier molecular flexibility index (Phi) is 4.06. The highest BCUT2D eigenvalue weighted by Crippen LogP contribution is 2.23. The van der Waals surface area contributed by atoms with Gasteiger partial charge in [0.05, 0.1) is 13.2 Å². The second-order valence-electron chi connectivity index (χ2n) is 4.80. The molecule has 2 atom stereocenters. The van der Waals surface area contributed by atoms with E-state index in [1.165, 1.54) is 4.90 Å². The van der Waals surface area contributed by atoms with Crippen LogP contribution in [-0.2, 0) is 9.53 Å². The summed E-state index contributed by atoms with van der Waals surface area (Å²) >= 11 is 0. The second kappa shape index (κ2) is 5.56. The maximum atomic E-state index is 12.4. The molecule has 0 spiro atoms. The van der Waals surface area contributed by atoms with E-state index in [1.807, 2.05) is 4.90 Å². The van der Waals surface area contributed by atoms with Crippen LogP contribution in [0.3, 0.4) is 0 Å². The lowest BCUT2D eigenvalue weighted by Crippen LogP contribution is -2.57. The summed E-state index contributed by atoms with van der Waals surface area (Å²) in [5.74, 6) is -0.990. The van der Waals surface area contributed by atoms with Gasteiger partial charge in [0, 0.05) is 19.1 Å². The lowest BCUT2D eigenvalue weighted by atomic mass is 10.2. The van der Waals surface area contributed by atoms with Crippen molar-refractivity contribution in [3.8, 4) is 0 Å². The van der Waals surface area contributed by atoms with Crippen molar-refractivity contribution in [1.82, 2.24) is 9.80 Å². The van der Waals surface area contributed by atoms with Crippen LogP contribution in [-0.4, -0.2) is 65.3 Å². The summed E-state index contributed by atoms with van der Waals surface area (Å²) in [6, 6.07) is -0.728. The molecule has 0 aromatic carbocycles. The van der Waals surface area contributed by atoms with Crippen LogP contribution in [0.5, 0.6) is 0 Å². The van der Waals surface area contributed by atoms with Crippen molar-refractivity contribution in [2.24, 2.45) is 0 Å². The molecule has 0 radical (unpaired) electrons. The number of carbonyl (C=O) groups excluding carboxylic acids is 1. The number of rotatable bonds is 2. The normalized spacial score (nSPS) is 28.5. The van der Waals surface area contributed by atoms with Crippen molar-refractivity contribution in [2.45, 2.75) is 38.3 Å². The molecule has 2 fully saturated rings. The molecule has 18 heavy (non-hydrogen) atoms. The van der Waals surface area contributed by atoms with Crippen molar-refractivity contribution in [3.63, 3.8) is 0 Å². The van der Waals surface area contributed by atoms with Crippen LogP contribution in [0, 0.1) is 0 Å². The van der Waals surface area contributed by atoms with Crippen molar-refractivity contribution >= 4 is 12.0 Å². The van der Waals surface area contributed by atoms with Gasteiger partial charge in [-0.05, 0) is 19.3 Å². The van der Waals surface area contributed by atoms with Crippen molar-refractivity contribution < 1.29 is 19.4 Å². The van der Waals surface area contributed by atoms with Crippen molar-refractivity contribution in [1.29, 1.82) is 0 Å². The van der Waals surface area contributed by atoms with E-state index in [2.05, 4.69) is 6.92 Å². The van der Waals surface area contributed by atoms with Crippen LogP contribution in [0.4, 0.5) is 4.79 Å². The van der Waals surface area contributed by atoms with Gasteiger partial charge in [-0.25, -0.2) is 9.59 Å². The third-order valence-corrected chi connectivity index (χ3v) is 3.75. The Morgan fingerprint density at radius 3 is 2.78 bits per heavy atom. The summed E-state index contributed by atoms with van der Waals surface area (Å²) in [7, 11) is 0. The van der Waals surface area contributed by atoms with Gasteiger partial charge < -0.3 is 19.6 Å². The van der Waals surface area contributed by atoms with Gasteiger partial charge in [-0.3, -0.25) is 0 Å². The number of aliphatic carboxylic acids is 1. The van der Waals surface area contributed by atoms with Crippen LogP contribution in [0.25, 0.3) is 0 Å². The Hall–Kier alpha value is -1.30. The molecule has 0 aromatic heterocycles. The zero-order chi connectivity index (χ0) is 13.1. The summed E-state index contributed by atoms with van der Waals surface area (Å²) in [5, 5.41) is 9.13. The number of hydrogen-bond acceptors (Lipinski definition) is 3. The minimum absolute atomic E-state index is 0.0890. The molecule has 2 saturated heterocycles. The SMILES string of the molecule is CCC1CCCN1C(=O)N1CCOCC1C(=O)O. The van der Waals surface area contributed by atoms with Gasteiger partial charge in [0.25, 0.3) is 0 Å². The first kappa shape index (κ1) is 13.1. The number of morpholine rings is 1.